The SMILES string of the molecule is Cc1ccc(SC(C(c2c[nH]c3cc(Cl)ccc23)C(Cc2ccc(Cl)cc2)N2CC(C(N)=O)CC2=O)N2CCOCC2)cc1. The van der Waals surface area contributed by atoms with Gasteiger partial charge >= 0.3 is 0 Å². The summed E-state index contributed by atoms with van der Waals surface area (Å²) < 4.78 is 5.79. The number of aromatic nitrogens is 1. The molecule has 3 heterocycles. The van der Waals surface area contributed by atoms with E-state index >= 15 is 0 Å². The van der Waals surface area contributed by atoms with Crippen LogP contribution in [0.2, 0.25) is 10.0 Å². The second-order valence-electron chi connectivity index (χ2n) is 11.7. The molecule has 44 heavy (non-hydrogen) atoms. The van der Waals surface area contributed by atoms with E-state index in [1.54, 1.807) is 0 Å². The summed E-state index contributed by atoms with van der Waals surface area (Å²) in [6, 6.07) is 22.0. The fraction of sp³-hybridized carbons (Fsp3) is 0.353. The van der Waals surface area contributed by atoms with Crippen molar-refractivity contribution in [1.82, 2.24) is 14.8 Å². The minimum absolute atomic E-state index is 0.0540. The number of hydrogen-bond acceptors (Lipinski definition) is 5. The maximum atomic E-state index is 13.8. The number of morpholine rings is 1. The number of aromatic amines is 1. The zero-order chi connectivity index (χ0) is 30.8. The lowest BCUT2D eigenvalue weighted by molar-refractivity contribution is -0.130. The number of carbonyl (C=O) groups is 2. The van der Waals surface area contributed by atoms with Gasteiger partial charge in [-0.2, -0.15) is 0 Å². The van der Waals surface area contributed by atoms with E-state index in [4.69, 9.17) is 33.7 Å². The molecule has 4 unspecified atom stereocenters. The topological polar surface area (TPSA) is 91.7 Å². The summed E-state index contributed by atoms with van der Waals surface area (Å²) in [5, 5.41) is 2.30. The maximum absolute atomic E-state index is 13.8. The number of nitrogens with zero attached hydrogens (tertiary/aromatic N) is 2. The van der Waals surface area contributed by atoms with Gasteiger partial charge in [0.2, 0.25) is 11.8 Å². The van der Waals surface area contributed by atoms with Crippen LogP contribution < -0.4 is 5.73 Å². The number of halogens is 2. The van der Waals surface area contributed by atoms with Crippen molar-refractivity contribution in [2.24, 2.45) is 11.7 Å². The van der Waals surface area contributed by atoms with Crippen LogP contribution in [0.15, 0.2) is 77.8 Å². The molecule has 10 heteroatoms. The van der Waals surface area contributed by atoms with Gasteiger partial charge in [0.15, 0.2) is 0 Å². The maximum Gasteiger partial charge on any atom is 0.223 e. The average molecular weight is 652 g/mol. The number of primary amides is 1. The van der Waals surface area contributed by atoms with Crippen LogP contribution in [0.25, 0.3) is 10.9 Å². The van der Waals surface area contributed by atoms with Crippen LogP contribution in [0.4, 0.5) is 0 Å². The van der Waals surface area contributed by atoms with Crippen molar-refractivity contribution in [3.05, 3.63) is 99.7 Å². The molecule has 3 aromatic carbocycles. The van der Waals surface area contributed by atoms with Crippen molar-refractivity contribution in [2.75, 3.05) is 32.8 Å². The van der Waals surface area contributed by atoms with Gasteiger partial charge in [-0.25, -0.2) is 0 Å². The van der Waals surface area contributed by atoms with Gasteiger partial charge in [-0.05, 0) is 60.9 Å². The highest BCUT2D eigenvalue weighted by atomic mass is 35.5. The van der Waals surface area contributed by atoms with E-state index in [9.17, 15) is 9.59 Å². The van der Waals surface area contributed by atoms with Gasteiger partial charge in [0, 0.05) is 70.1 Å². The normalized spacial score (nSPS) is 19.8. The molecule has 0 radical (unpaired) electrons. The number of thioether (sulfide) groups is 1. The Bertz CT molecular complexity index is 1620. The Morgan fingerprint density at radius 1 is 1.05 bits per heavy atom. The molecule has 0 spiro atoms. The number of amides is 2. The summed E-state index contributed by atoms with van der Waals surface area (Å²) in [4.78, 5) is 35.1. The molecule has 0 saturated carbocycles. The third kappa shape index (κ3) is 6.80. The van der Waals surface area contributed by atoms with Gasteiger partial charge in [-0.3, -0.25) is 14.5 Å². The van der Waals surface area contributed by atoms with Crippen molar-refractivity contribution in [1.29, 1.82) is 0 Å². The van der Waals surface area contributed by atoms with E-state index in [0.717, 1.165) is 40.0 Å². The predicted molar refractivity (Wildman–Crippen MR) is 177 cm³/mol. The lowest BCUT2D eigenvalue weighted by Crippen LogP contribution is -2.52. The second kappa shape index (κ2) is 13.5. The third-order valence-electron chi connectivity index (χ3n) is 8.76. The summed E-state index contributed by atoms with van der Waals surface area (Å²) >= 11 is 14.5. The van der Waals surface area contributed by atoms with Gasteiger partial charge in [0.05, 0.1) is 24.5 Å². The van der Waals surface area contributed by atoms with Crippen molar-refractivity contribution in [3.8, 4) is 0 Å². The van der Waals surface area contributed by atoms with Crippen LogP contribution >= 0.6 is 35.0 Å². The van der Waals surface area contributed by atoms with Gasteiger partial charge in [0.25, 0.3) is 0 Å². The highest BCUT2D eigenvalue weighted by molar-refractivity contribution is 8.00. The Hall–Kier alpha value is -3.01. The van der Waals surface area contributed by atoms with Crippen molar-refractivity contribution < 1.29 is 14.3 Å². The molecule has 6 rings (SSSR count). The summed E-state index contributed by atoms with van der Waals surface area (Å²) in [5.74, 6) is -1.19. The highest BCUT2D eigenvalue weighted by Crippen LogP contribution is 2.44. The molecule has 0 aliphatic carbocycles. The number of aryl methyl sites for hydroxylation is 1. The molecule has 4 aromatic rings. The largest absolute Gasteiger partial charge is 0.379 e. The Balaban J connectivity index is 1.53. The summed E-state index contributed by atoms with van der Waals surface area (Å²) in [7, 11) is 0. The predicted octanol–water partition coefficient (Wildman–Crippen LogP) is 6.26. The smallest absolute Gasteiger partial charge is 0.223 e. The second-order valence-corrected chi connectivity index (χ2v) is 13.7. The molecule has 0 bridgehead atoms. The quantitative estimate of drug-likeness (QED) is 0.198. The average Bonchev–Trinajstić information content (AvgIpc) is 3.62. The molecule has 3 N–H and O–H groups in total. The Morgan fingerprint density at radius 3 is 2.43 bits per heavy atom. The number of ether oxygens (including phenoxy) is 1. The first-order valence-corrected chi connectivity index (χ1v) is 16.6. The summed E-state index contributed by atoms with van der Waals surface area (Å²) in [5.41, 5.74) is 10.1. The molecule has 4 atom stereocenters. The first-order valence-electron chi connectivity index (χ1n) is 14.9. The van der Waals surface area contributed by atoms with Gasteiger partial charge in [-0.1, -0.05) is 59.1 Å². The standard InChI is InChI=1S/C34H36Cl2N4O3S/c1-21-2-9-26(10-3-21)44-34(39-12-14-43-15-13-39)32(28-19-38-29-18-25(36)8-11-27(28)29)30(16-22-4-6-24(35)7-5-22)40-20-23(33(37)42)17-31(40)41/h2-11,18-19,23,30,32,34,38H,12-17,20H2,1H3,(H2,37,42). The first-order chi connectivity index (χ1) is 21.3. The van der Waals surface area contributed by atoms with Crippen LogP contribution in [0.5, 0.6) is 0 Å². The van der Waals surface area contributed by atoms with Crippen LogP contribution in [0, 0.1) is 12.8 Å². The van der Waals surface area contributed by atoms with Gasteiger partial charge in [-0.15, -0.1) is 11.8 Å². The lowest BCUT2D eigenvalue weighted by Gasteiger charge is -2.44. The molecule has 7 nitrogen and oxygen atoms in total. The number of benzene rings is 3. The van der Waals surface area contributed by atoms with Crippen molar-refractivity contribution in [2.45, 2.75) is 42.0 Å². The molecular weight excluding hydrogens is 615 g/mol. The monoisotopic (exact) mass is 650 g/mol. The van der Waals surface area contributed by atoms with E-state index in [1.165, 1.54) is 5.56 Å². The van der Waals surface area contributed by atoms with Crippen LogP contribution in [0.1, 0.15) is 29.0 Å². The minimum atomic E-state index is -0.524. The van der Waals surface area contributed by atoms with E-state index in [2.05, 4.69) is 53.3 Å². The number of H-pyrrole nitrogens is 1. The first kappa shape index (κ1) is 31.0. The summed E-state index contributed by atoms with van der Waals surface area (Å²) in [6.07, 6.45) is 2.76. The molecule has 230 valence electrons. The number of likely N-dealkylation sites (tertiary alicyclic amines) is 1. The Labute approximate surface area is 272 Å². The van der Waals surface area contributed by atoms with Gasteiger partial charge in [0.1, 0.15) is 0 Å². The molecule has 2 amide bonds. The van der Waals surface area contributed by atoms with Crippen molar-refractivity contribution >= 4 is 57.7 Å². The summed E-state index contributed by atoms with van der Waals surface area (Å²) in [6.45, 7) is 5.18. The van der Waals surface area contributed by atoms with E-state index in [0.29, 0.717) is 36.2 Å². The van der Waals surface area contributed by atoms with E-state index in [1.807, 2.05) is 53.1 Å². The van der Waals surface area contributed by atoms with E-state index in [-0.39, 0.29) is 29.7 Å². The molecular formula is C34H36Cl2N4O3S. The fourth-order valence-electron chi connectivity index (χ4n) is 6.45. The number of hydrogen-bond donors (Lipinski definition) is 2. The van der Waals surface area contributed by atoms with Crippen LogP contribution in [-0.2, 0) is 20.7 Å². The minimum Gasteiger partial charge on any atom is -0.379 e. The molecule has 2 aliphatic rings. The Kier molecular flexibility index (Phi) is 9.54. The van der Waals surface area contributed by atoms with Crippen molar-refractivity contribution in [3.63, 3.8) is 0 Å². The number of carbonyl (C=O) groups excluding carboxylic acids is 2. The molecule has 2 saturated heterocycles. The third-order valence-corrected chi connectivity index (χ3v) is 10.6. The van der Waals surface area contributed by atoms with E-state index < -0.39 is 11.8 Å². The zero-order valence-electron chi connectivity index (χ0n) is 24.5. The fourth-order valence-corrected chi connectivity index (χ4v) is 8.15. The zero-order valence-corrected chi connectivity index (χ0v) is 26.9. The molecule has 2 fully saturated rings. The number of nitrogens with two attached hydrogens (primary N) is 1. The molecule has 1 aromatic heterocycles. The number of rotatable bonds is 10. The highest BCUT2D eigenvalue weighted by Gasteiger charge is 2.45. The number of fused-ring (bicyclic) bond motifs is 1. The number of nitrogens with one attached hydrogen (secondary N) is 1. The van der Waals surface area contributed by atoms with Gasteiger partial charge < -0.3 is 20.4 Å². The molecule has 2 aliphatic heterocycles. The Morgan fingerprint density at radius 2 is 1.75 bits per heavy atom. The lowest BCUT2D eigenvalue weighted by atomic mass is 9.85. The van der Waals surface area contributed by atoms with Crippen LogP contribution in [0.3, 0.4) is 0 Å². The van der Waals surface area contributed by atoms with Crippen LogP contribution in [-0.4, -0.2) is 70.9 Å².